The number of amides is 1. The summed E-state index contributed by atoms with van der Waals surface area (Å²) in [5, 5.41) is 19.9. The van der Waals surface area contributed by atoms with Crippen molar-refractivity contribution in [2.45, 2.75) is 48.5 Å². The zero-order chi connectivity index (χ0) is 32.7. The van der Waals surface area contributed by atoms with Crippen LogP contribution < -0.4 is 4.72 Å². The van der Waals surface area contributed by atoms with Gasteiger partial charge in [0.1, 0.15) is 11.6 Å². The molecule has 0 bridgehead atoms. The fraction of sp³-hybridized carbons (Fsp3) is 0.182. The Morgan fingerprint density at radius 2 is 1.54 bits per heavy atom. The van der Waals surface area contributed by atoms with Crippen LogP contribution >= 0.6 is 0 Å². The number of non-ortho nitro benzene ring substituents is 1. The first-order valence-electron chi connectivity index (χ1n) is 14.5. The molecule has 1 aromatic heterocycles. The van der Waals surface area contributed by atoms with Gasteiger partial charge in [-0.1, -0.05) is 79.1 Å². The smallest absolute Gasteiger partial charge is 0.343 e. The number of carbonyl (C=O) groups excluding carboxylic acids is 1. The molecule has 1 amide bonds. The molecule has 0 radical (unpaired) electrons. The Morgan fingerprint density at radius 3 is 2.22 bits per heavy atom. The third-order valence-corrected chi connectivity index (χ3v) is 9.91. The van der Waals surface area contributed by atoms with Gasteiger partial charge in [0.25, 0.3) is 21.6 Å². The van der Waals surface area contributed by atoms with Crippen molar-refractivity contribution in [2.24, 2.45) is 0 Å². The van der Waals surface area contributed by atoms with E-state index in [4.69, 9.17) is 0 Å². The predicted molar refractivity (Wildman–Crippen MR) is 174 cm³/mol. The zero-order valence-electron chi connectivity index (χ0n) is 24.9. The van der Waals surface area contributed by atoms with Crippen molar-refractivity contribution in [3.05, 3.63) is 136 Å². The van der Waals surface area contributed by atoms with Crippen molar-refractivity contribution in [3.63, 3.8) is 0 Å². The molecular formula is C33H31N5O6S2. The monoisotopic (exact) mass is 657 g/mol. The van der Waals surface area contributed by atoms with Crippen LogP contribution in [0.3, 0.4) is 0 Å². The van der Waals surface area contributed by atoms with E-state index >= 15 is 0 Å². The lowest BCUT2D eigenvalue weighted by Crippen LogP contribution is -2.30. The second-order valence-electron chi connectivity index (χ2n) is 10.5. The molecule has 1 unspecified atom stereocenters. The molecule has 0 saturated heterocycles. The van der Waals surface area contributed by atoms with Crippen LogP contribution in [0.15, 0.2) is 113 Å². The van der Waals surface area contributed by atoms with Gasteiger partial charge in [0.05, 0.1) is 16.4 Å². The molecule has 46 heavy (non-hydrogen) atoms. The lowest BCUT2D eigenvalue weighted by molar-refractivity contribution is -0.384. The van der Waals surface area contributed by atoms with Crippen molar-refractivity contribution >= 4 is 32.8 Å². The van der Waals surface area contributed by atoms with E-state index < -0.39 is 32.0 Å². The van der Waals surface area contributed by atoms with E-state index in [2.05, 4.69) is 21.8 Å². The van der Waals surface area contributed by atoms with E-state index in [1.165, 1.54) is 24.3 Å². The molecule has 1 N–H and O–H groups in total. The first kappa shape index (κ1) is 32.5. The van der Waals surface area contributed by atoms with E-state index in [0.717, 1.165) is 18.4 Å². The molecule has 0 aliphatic rings. The van der Waals surface area contributed by atoms with Crippen molar-refractivity contribution in [1.29, 1.82) is 0 Å². The lowest BCUT2D eigenvalue weighted by atomic mass is 9.98. The van der Waals surface area contributed by atoms with Crippen LogP contribution in [0, 0.1) is 10.1 Å². The van der Waals surface area contributed by atoms with Crippen LogP contribution in [0.25, 0.3) is 11.1 Å². The number of nitro benzene ring substituents is 1. The van der Waals surface area contributed by atoms with Gasteiger partial charge in [-0.25, -0.2) is 13.1 Å². The number of hydrogen-bond acceptors (Lipinski definition) is 8. The molecule has 5 rings (SSSR count). The number of hydrogen-bond donors (Lipinski definition) is 1. The van der Waals surface area contributed by atoms with Crippen LogP contribution in [0.5, 0.6) is 0 Å². The zero-order valence-corrected chi connectivity index (χ0v) is 26.5. The topological polar surface area (TPSA) is 160 Å². The summed E-state index contributed by atoms with van der Waals surface area (Å²) in [6, 6.07) is 27.9. The van der Waals surface area contributed by atoms with Crippen LogP contribution in [-0.4, -0.2) is 38.6 Å². The average molecular weight is 658 g/mol. The maximum absolute atomic E-state index is 13.4. The Kier molecular flexibility index (Phi) is 10.3. The van der Waals surface area contributed by atoms with E-state index in [1.807, 2.05) is 28.8 Å². The first-order chi connectivity index (χ1) is 22.2. The summed E-state index contributed by atoms with van der Waals surface area (Å²) < 4.78 is 43.0. The van der Waals surface area contributed by atoms with E-state index in [9.17, 15) is 27.9 Å². The molecule has 5 aromatic rings. The van der Waals surface area contributed by atoms with Gasteiger partial charge in [-0.2, -0.15) is 0 Å². The molecule has 236 valence electrons. The van der Waals surface area contributed by atoms with Crippen LogP contribution in [0.1, 0.15) is 47.1 Å². The van der Waals surface area contributed by atoms with Crippen molar-refractivity contribution < 1.29 is 22.7 Å². The van der Waals surface area contributed by atoms with Crippen molar-refractivity contribution in [3.8, 4) is 11.1 Å². The molecule has 0 saturated carbocycles. The van der Waals surface area contributed by atoms with Gasteiger partial charge >= 0.3 is 5.16 Å². The molecule has 0 aliphatic carbocycles. The van der Waals surface area contributed by atoms with Crippen LogP contribution in [-0.2, 0) is 39.9 Å². The van der Waals surface area contributed by atoms with Gasteiger partial charge in [0.15, 0.2) is 0 Å². The first-order valence-corrected chi connectivity index (χ1v) is 17.3. The normalized spacial score (nSPS) is 12.0. The number of aromatic nitrogens is 3. The van der Waals surface area contributed by atoms with Gasteiger partial charge in [-0.3, -0.25) is 19.5 Å². The fourth-order valence-corrected chi connectivity index (χ4v) is 7.00. The highest BCUT2D eigenvalue weighted by Crippen LogP contribution is 2.26. The highest BCUT2D eigenvalue weighted by atomic mass is 32.2. The number of nitro groups is 1. The third-order valence-electron chi connectivity index (χ3n) is 7.25. The molecule has 1 heterocycles. The highest BCUT2D eigenvalue weighted by molar-refractivity contribution is 7.90. The minimum absolute atomic E-state index is 0.00877. The number of aryl methyl sites for hydroxylation is 1. The number of benzene rings is 4. The second kappa shape index (κ2) is 14.5. The molecule has 13 heteroatoms. The number of nitrogens with one attached hydrogen (secondary N) is 1. The van der Waals surface area contributed by atoms with Gasteiger partial charge in [-0.15, -0.1) is 5.10 Å². The van der Waals surface area contributed by atoms with E-state index in [1.54, 1.807) is 54.6 Å². The van der Waals surface area contributed by atoms with Crippen LogP contribution in [0.2, 0.25) is 0 Å². The molecular weight excluding hydrogens is 627 g/mol. The summed E-state index contributed by atoms with van der Waals surface area (Å²) in [6.07, 6.45) is 2.48. The molecule has 0 fully saturated rings. The summed E-state index contributed by atoms with van der Waals surface area (Å²) in [5.74, 6) is 0.0927. The number of sulfonamides is 1. The van der Waals surface area contributed by atoms with Crippen LogP contribution in [0.4, 0.5) is 5.69 Å². The van der Waals surface area contributed by atoms with Gasteiger partial charge < -0.3 is 4.55 Å². The Balaban J connectivity index is 1.36. The largest absolute Gasteiger partial charge is 0.609 e. The molecule has 11 nitrogen and oxygen atoms in total. The summed E-state index contributed by atoms with van der Waals surface area (Å²) in [6.45, 7) is 2.42. The van der Waals surface area contributed by atoms with Gasteiger partial charge in [-0.05, 0) is 53.4 Å². The maximum Gasteiger partial charge on any atom is 0.343 e. The third kappa shape index (κ3) is 7.68. The Bertz CT molecular complexity index is 1930. The van der Waals surface area contributed by atoms with Crippen molar-refractivity contribution in [1.82, 2.24) is 19.5 Å². The molecule has 1 atom stereocenters. The number of rotatable bonds is 13. The Morgan fingerprint density at radius 1 is 0.891 bits per heavy atom. The minimum Gasteiger partial charge on any atom is -0.609 e. The van der Waals surface area contributed by atoms with E-state index in [0.29, 0.717) is 40.6 Å². The quantitative estimate of drug-likeness (QED) is 0.0963. The maximum atomic E-state index is 13.4. The number of nitrogens with zero attached hydrogens (tertiary/aromatic N) is 4. The van der Waals surface area contributed by atoms with Gasteiger partial charge in [0, 0.05) is 40.9 Å². The predicted octanol–water partition coefficient (Wildman–Crippen LogP) is 5.67. The summed E-state index contributed by atoms with van der Waals surface area (Å²) >= 11 is -1.56. The van der Waals surface area contributed by atoms with Crippen molar-refractivity contribution in [2.75, 3.05) is 0 Å². The number of carbonyl (C=O) groups is 1. The Labute approximate surface area is 269 Å². The number of unbranched alkanes of at least 4 members (excludes halogenated alkanes) is 1. The van der Waals surface area contributed by atoms with Gasteiger partial charge in [0.2, 0.25) is 0 Å². The summed E-state index contributed by atoms with van der Waals surface area (Å²) in [5.41, 5.74) is 3.00. The summed E-state index contributed by atoms with van der Waals surface area (Å²) in [4.78, 5) is 23.6. The minimum atomic E-state index is -4.06. The Hall–Kier alpha value is -4.85. The lowest BCUT2D eigenvalue weighted by Gasteiger charge is -2.14. The second-order valence-corrected chi connectivity index (χ2v) is 13.5. The molecule has 0 aliphatic heterocycles. The van der Waals surface area contributed by atoms with E-state index in [-0.39, 0.29) is 21.9 Å². The fourth-order valence-electron chi connectivity index (χ4n) is 4.84. The standard InChI is InChI=1S/C33H31N5O6S2/c1-2-3-13-31-34-35-33(45(42)23-25-16-20-27(21-17-25)38(40)41)37(31)22-24-14-18-26(19-15-24)29-11-7-8-12-30(29)32(39)36-46(43,44)28-9-5-4-6-10-28/h4-12,14-21H,2-3,13,22-23H2,1H3,(H,36,39). The SMILES string of the molecule is CCCCc1nnc([S+]([O-])Cc2ccc([N+](=O)[O-])cc2)n1Cc1ccc(-c2ccccc2C(=O)NS(=O)(=O)c2ccccc2)cc1. The highest BCUT2D eigenvalue weighted by Gasteiger charge is 2.25. The molecule has 4 aromatic carbocycles. The average Bonchev–Trinajstić information content (AvgIpc) is 3.46. The molecule has 0 spiro atoms. The summed E-state index contributed by atoms with van der Waals surface area (Å²) in [7, 11) is -4.06.